The number of para-hydroxylation sites is 1. The molecule has 0 spiro atoms. The van der Waals surface area contributed by atoms with Crippen LogP contribution >= 0.6 is 24.0 Å². The molecule has 1 aromatic carbocycles. The van der Waals surface area contributed by atoms with Crippen LogP contribution in [0.25, 0.3) is 0 Å². The van der Waals surface area contributed by atoms with Crippen molar-refractivity contribution in [1.29, 1.82) is 0 Å². The van der Waals surface area contributed by atoms with Gasteiger partial charge in [0, 0.05) is 46.2 Å². The molecular formula is C22H31FIN5O2. The van der Waals surface area contributed by atoms with E-state index < -0.39 is 0 Å². The quantitative estimate of drug-likeness (QED) is 0.320. The first kappa shape index (κ1) is 25.0. The Bertz CT molecular complexity index is 844. The molecule has 0 saturated carbocycles. The lowest BCUT2D eigenvalue weighted by Gasteiger charge is -2.35. The van der Waals surface area contributed by atoms with E-state index in [-0.39, 0.29) is 48.3 Å². The summed E-state index contributed by atoms with van der Waals surface area (Å²) in [5.41, 5.74) is 0.621. The van der Waals surface area contributed by atoms with Gasteiger partial charge >= 0.3 is 0 Å². The lowest BCUT2D eigenvalue weighted by Crippen LogP contribution is -2.52. The number of halogens is 2. The Morgan fingerprint density at radius 3 is 2.81 bits per heavy atom. The average Bonchev–Trinajstić information content (AvgIpc) is 3.25. The van der Waals surface area contributed by atoms with Crippen molar-refractivity contribution in [2.45, 2.75) is 25.3 Å². The van der Waals surface area contributed by atoms with Crippen molar-refractivity contribution in [3.63, 3.8) is 0 Å². The highest BCUT2D eigenvalue weighted by atomic mass is 127. The summed E-state index contributed by atoms with van der Waals surface area (Å²) in [4.78, 5) is 20.0. The van der Waals surface area contributed by atoms with E-state index >= 15 is 0 Å². The highest BCUT2D eigenvalue weighted by Crippen LogP contribution is 2.22. The minimum Gasteiger partial charge on any atom is -0.469 e. The van der Waals surface area contributed by atoms with Crippen molar-refractivity contribution in [3.05, 3.63) is 54.2 Å². The van der Waals surface area contributed by atoms with Gasteiger partial charge in [-0.1, -0.05) is 12.1 Å². The fraction of sp³-hybridized carbons (Fsp3) is 0.455. The highest BCUT2D eigenvalue weighted by Gasteiger charge is 2.22. The number of carbonyl (C=O) groups is 1. The minimum atomic E-state index is -0.208. The van der Waals surface area contributed by atoms with E-state index in [0.29, 0.717) is 31.2 Å². The molecule has 3 rings (SSSR count). The SMILES string of the molecule is CN(C)C(=O)CN=C(NCCc1ccco1)NC1CCCN(c2ccccc2F)C1.I. The maximum absolute atomic E-state index is 14.2. The number of likely N-dealkylation sites (N-methyl/N-ethyl adjacent to an activating group) is 1. The van der Waals surface area contributed by atoms with Gasteiger partial charge in [-0.3, -0.25) is 4.79 Å². The second-order valence-electron chi connectivity index (χ2n) is 7.59. The summed E-state index contributed by atoms with van der Waals surface area (Å²) in [6.45, 7) is 2.17. The summed E-state index contributed by atoms with van der Waals surface area (Å²) >= 11 is 0. The number of amides is 1. The number of hydrogen-bond donors (Lipinski definition) is 2. The van der Waals surface area contributed by atoms with Crippen molar-refractivity contribution >= 4 is 41.5 Å². The Balaban J connectivity index is 0.00000341. The van der Waals surface area contributed by atoms with Gasteiger partial charge in [0.25, 0.3) is 0 Å². The molecule has 1 amide bonds. The first-order chi connectivity index (χ1) is 14.5. The van der Waals surface area contributed by atoms with E-state index in [9.17, 15) is 9.18 Å². The Hall–Kier alpha value is -2.30. The van der Waals surface area contributed by atoms with Gasteiger partial charge in [-0.25, -0.2) is 9.38 Å². The Morgan fingerprint density at radius 1 is 1.29 bits per heavy atom. The van der Waals surface area contributed by atoms with Crippen molar-refractivity contribution in [2.24, 2.45) is 4.99 Å². The molecule has 1 aliphatic heterocycles. The van der Waals surface area contributed by atoms with Crippen LogP contribution in [-0.2, 0) is 11.2 Å². The molecule has 170 valence electrons. The third-order valence-electron chi connectivity index (χ3n) is 5.07. The molecular weight excluding hydrogens is 512 g/mol. The van der Waals surface area contributed by atoms with Crippen LogP contribution in [0.4, 0.5) is 10.1 Å². The predicted octanol–water partition coefficient (Wildman–Crippen LogP) is 2.87. The monoisotopic (exact) mass is 543 g/mol. The van der Waals surface area contributed by atoms with Crippen LogP contribution in [0.2, 0.25) is 0 Å². The number of nitrogens with zero attached hydrogens (tertiary/aromatic N) is 3. The molecule has 1 unspecified atom stereocenters. The van der Waals surface area contributed by atoms with Crippen LogP contribution in [-0.4, -0.2) is 63.1 Å². The molecule has 1 aromatic heterocycles. The van der Waals surface area contributed by atoms with E-state index in [0.717, 1.165) is 25.1 Å². The smallest absolute Gasteiger partial charge is 0.243 e. The Morgan fingerprint density at radius 2 is 2.10 bits per heavy atom. The third-order valence-corrected chi connectivity index (χ3v) is 5.07. The average molecular weight is 543 g/mol. The van der Waals surface area contributed by atoms with Gasteiger partial charge in [-0.2, -0.15) is 0 Å². The van der Waals surface area contributed by atoms with Gasteiger partial charge in [0.2, 0.25) is 5.91 Å². The molecule has 2 heterocycles. The van der Waals surface area contributed by atoms with E-state index in [1.165, 1.54) is 11.0 Å². The number of carbonyl (C=O) groups excluding carboxylic acids is 1. The molecule has 0 aliphatic carbocycles. The van der Waals surface area contributed by atoms with Gasteiger partial charge < -0.3 is 24.9 Å². The zero-order chi connectivity index (χ0) is 21.3. The van der Waals surface area contributed by atoms with Gasteiger partial charge in [0.1, 0.15) is 18.1 Å². The second-order valence-corrected chi connectivity index (χ2v) is 7.59. The number of aliphatic imine (C=N–C) groups is 1. The predicted molar refractivity (Wildman–Crippen MR) is 132 cm³/mol. The molecule has 31 heavy (non-hydrogen) atoms. The van der Waals surface area contributed by atoms with Gasteiger partial charge in [-0.15, -0.1) is 24.0 Å². The zero-order valence-corrected chi connectivity index (χ0v) is 20.3. The van der Waals surface area contributed by atoms with Crippen molar-refractivity contribution in [2.75, 3.05) is 45.2 Å². The standard InChI is InChI=1S/C22H30FN5O2.HI/c1-27(2)21(29)15-25-22(24-12-11-18-8-6-14-30-18)26-17-7-5-13-28(16-17)20-10-4-3-9-19(20)23;/h3-4,6,8-10,14,17H,5,7,11-13,15-16H2,1-2H3,(H2,24,25,26);1H. The molecule has 0 radical (unpaired) electrons. The van der Waals surface area contributed by atoms with Crippen LogP contribution in [0, 0.1) is 5.82 Å². The lowest BCUT2D eigenvalue weighted by molar-refractivity contribution is -0.127. The number of nitrogens with one attached hydrogen (secondary N) is 2. The Kier molecular flexibility index (Phi) is 10.1. The number of anilines is 1. The van der Waals surface area contributed by atoms with E-state index in [1.54, 1.807) is 26.4 Å². The normalized spacial score (nSPS) is 16.4. The van der Waals surface area contributed by atoms with Crippen molar-refractivity contribution < 1.29 is 13.6 Å². The molecule has 7 nitrogen and oxygen atoms in total. The molecule has 1 atom stereocenters. The summed E-state index contributed by atoms with van der Waals surface area (Å²) < 4.78 is 19.6. The van der Waals surface area contributed by atoms with Gasteiger partial charge in [0.15, 0.2) is 5.96 Å². The van der Waals surface area contributed by atoms with E-state index in [1.807, 2.05) is 24.3 Å². The molecule has 9 heteroatoms. The number of hydrogen-bond acceptors (Lipinski definition) is 4. The molecule has 0 bridgehead atoms. The number of furan rings is 1. The third kappa shape index (κ3) is 7.71. The van der Waals surface area contributed by atoms with E-state index in [2.05, 4.69) is 20.5 Å². The topological polar surface area (TPSA) is 73.1 Å². The van der Waals surface area contributed by atoms with Gasteiger partial charge in [0.05, 0.1) is 12.0 Å². The van der Waals surface area contributed by atoms with Crippen LogP contribution in [0.15, 0.2) is 52.1 Å². The molecule has 1 saturated heterocycles. The van der Waals surface area contributed by atoms with Crippen LogP contribution in [0.1, 0.15) is 18.6 Å². The molecule has 1 fully saturated rings. The fourth-order valence-corrected chi connectivity index (χ4v) is 3.41. The second kappa shape index (κ2) is 12.5. The fourth-order valence-electron chi connectivity index (χ4n) is 3.41. The highest BCUT2D eigenvalue weighted by molar-refractivity contribution is 14.0. The Labute approximate surface area is 200 Å². The largest absolute Gasteiger partial charge is 0.469 e. The molecule has 2 aromatic rings. The molecule has 1 aliphatic rings. The number of rotatable bonds is 7. The summed E-state index contributed by atoms with van der Waals surface area (Å²) in [6, 6.07) is 10.7. The van der Waals surface area contributed by atoms with Crippen LogP contribution < -0.4 is 15.5 Å². The summed E-state index contributed by atoms with van der Waals surface area (Å²) in [5, 5.41) is 6.70. The number of piperidine rings is 1. The van der Waals surface area contributed by atoms with Crippen LogP contribution in [0.3, 0.4) is 0 Å². The summed E-state index contributed by atoms with van der Waals surface area (Å²) in [7, 11) is 3.42. The molecule has 2 N–H and O–H groups in total. The maximum atomic E-state index is 14.2. The van der Waals surface area contributed by atoms with Crippen molar-refractivity contribution in [1.82, 2.24) is 15.5 Å². The number of benzene rings is 1. The maximum Gasteiger partial charge on any atom is 0.243 e. The zero-order valence-electron chi connectivity index (χ0n) is 18.0. The lowest BCUT2D eigenvalue weighted by atomic mass is 10.0. The summed E-state index contributed by atoms with van der Waals surface area (Å²) in [6.07, 6.45) is 4.26. The van der Waals surface area contributed by atoms with E-state index in [4.69, 9.17) is 4.42 Å². The minimum absolute atomic E-state index is 0. The summed E-state index contributed by atoms with van der Waals surface area (Å²) in [5.74, 6) is 1.19. The van der Waals surface area contributed by atoms with Gasteiger partial charge in [-0.05, 0) is 37.1 Å². The van der Waals surface area contributed by atoms with Crippen molar-refractivity contribution in [3.8, 4) is 0 Å². The van der Waals surface area contributed by atoms with Crippen LogP contribution in [0.5, 0.6) is 0 Å². The number of guanidine groups is 1. The first-order valence-corrected chi connectivity index (χ1v) is 10.3. The first-order valence-electron chi connectivity index (χ1n) is 10.3.